The maximum Gasteiger partial charge on any atom is 0.416 e. The normalized spacial score (nSPS) is 12.6. The molecule has 0 bridgehead atoms. The zero-order valence-electron chi connectivity index (χ0n) is 15.1. The number of carboxylic acid groups (broad SMARTS) is 1. The Balaban J connectivity index is 1.66. The lowest BCUT2D eigenvalue weighted by molar-refractivity contribution is -0.140. The molecule has 0 aliphatic heterocycles. The number of rotatable bonds is 6. The predicted molar refractivity (Wildman–Crippen MR) is 95.3 cm³/mol. The van der Waals surface area contributed by atoms with Crippen molar-refractivity contribution in [3.63, 3.8) is 0 Å². The van der Waals surface area contributed by atoms with E-state index in [0.29, 0.717) is 5.56 Å². The fourth-order valence-electron chi connectivity index (χ4n) is 2.52. The standard InChI is InChI=1S/C18H16F3N5O3/c1-11(17(28)29)26-10-13(8-22-26)16(27)23-15-5-6-25(24-15)9-12-3-2-4-14(7-12)18(19,20)21/h2-8,10-11H,9H2,1H3,(H,28,29)(H,23,24,27). The molecule has 0 fully saturated rings. The topological polar surface area (TPSA) is 102 Å². The quantitative estimate of drug-likeness (QED) is 0.654. The Morgan fingerprint density at radius 3 is 2.72 bits per heavy atom. The molecule has 0 spiro atoms. The van der Waals surface area contributed by atoms with E-state index in [4.69, 9.17) is 5.11 Å². The van der Waals surface area contributed by atoms with Gasteiger partial charge in [-0.2, -0.15) is 23.4 Å². The number of carbonyl (C=O) groups is 2. The highest BCUT2D eigenvalue weighted by molar-refractivity contribution is 6.03. The first-order chi connectivity index (χ1) is 13.6. The number of aromatic nitrogens is 4. The van der Waals surface area contributed by atoms with Gasteiger partial charge in [0, 0.05) is 18.5 Å². The van der Waals surface area contributed by atoms with Crippen molar-refractivity contribution >= 4 is 17.7 Å². The summed E-state index contributed by atoms with van der Waals surface area (Å²) in [6.07, 6.45) is -0.379. The number of amides is 1. The number of carboxylic acids is 1. The van der Waals surface area contributed by atoms with Crippen molar-refractivity contribution in [1.29, 1.82) is 0 Å². The SMILES string of the molecule is CC(C(=O)O)n1cc(C(=O)Nc2ccn(Cc3cccc(C(F)(F)F)c3)n2)cn1. The zero-order chi connectivity index (χ0) is 21.2. The van der Waals surface area contributed by atoms with Gasteiger partial charge in [0.05, 0.1) is 23.9 Å². The molecule has 152 valence electrons. The summed E-state index contributed by atoms with van der Waals surface area (Å²) in [5.41, 5.74) is -0.196. The molecule has 0 aliphatic rings. The lowest BCUT2D eigenvalue weighted by Crippen LogP contribution is -2.16. The summed E-state index contributed by atoms with van der Waals surface area (Å²) in [6, 6.07) is 5.47. The number of aliphatic carboxylic acids is 1. The number of benzene rings is 1. The van der Waals surface area contributed by atoms with Crippen LogP contribution < -0.4 is 5.32 Å². The maximum atomic E-state index is 12.8. The van der Waals surface area contributed by atoms with E-state index in [1.54, 1.807) is 6.07 Å². The van der Waals surface area contributed by atoms with Crippen molar-refractivity contribution in [2.75, 3.05) is 5.32 Å². The van der Waals surface area contributed by atoms with Crippen LogP contribution >= 0.6 is 0 Å². The average Bonchev–Trinajstić information content (AvgIpc) is 3.30. The number of nitrogens with one attached hydrogen (secondary N) is 1. The van der Waals surface area contributed by atoms with Gasteiger partial charge in [0.15, 0.2) is 5.82 Å². The molecule has 1 atom stereocenters. The number of hydrogen-bond acceptors (Lipinski definition) is 4. The number of nitrogens with zero attached hydrogens (tertiary/aromatic N) is 4. The number of anilines is 1. The number of carbonyl (C=O) groups excluding carboxylic acids is 1. The summed E-state index contributed by atoms with van der Waals surface area (Å²) in [7, 11) is 0. The lowest BCUT2D eigenvalue weighted by atomic mass is 10.1. The minimum absolute atomic E-state index is 0.0911. The van der Waals surface area contributed by atoms with Gasteiger partial charge in [-0.3, -0.25) is 14.2 Å². The maximum absolute atomic E-state index is 12.8. The van der Waals surface area contributed by atoms with E-state index in [0.717, 1.165) is 16.8 Å². The van der Waals surface area contributed by atoms with E-state index < -0.39 is 29.7 Å². The van der Waals surface area contributed by atoms with Crippen LogP contribution in [0.4, 0.5) is 19.0 Å². The molecule has 1 unspecified atom stereocenters. The first-order valence-corrected chi connectivity index (χ1v) is 8.41. The Bertz CT molecular complexity index is 1040. The van der Waals surface area contributed by atoms with Crippen molar-refractivity contribution in [3.8, 4) is 0 Å². The van der Waals surface area contributed by atoms with Crippen LogP contribution in [0.25, 0.3) is 0 Å². The summed E-state index contributed by atoms with van der Waals surface area (Å²) in [5, 5.41) is 19.5. The zero-order valence-corrected chi connectivity index (χ0v) is 15.1. The van der Waals surface area contributed by atoms with Gasteiger partial charge in [-0.15, -0.1) is 0 Å². The molecule has 0 aliphatic carbocycles. The molecule has 1 amide bonds. The van der Waals surface area contributed by atoms with Gasteiger partial charge in [0.25, 0.3) is 5.91 Å². The molecule has 0 saturated carbocycles. The van der Waals surface area contributed by atoms with E-state index in [1.807, 2.05) is 0 Å². The Morgan fingerprint density at radius 1 is 1.28 bits per heavy atom. The number of hydrogen-bond donors (Lipinski definition) is 2. The first kappa shape index (κ1) is 20.1. The van der Waals surface area contributed by atoms with Crippen LogP contribution in [0.2, 0.25) is 0 Å². The third kappa shape index (κ3) is 4.81. The van der Waals surface area contributed by atoms with E-state index in [9.17, 15) is 22.8 Å². The van der Waals surface area contributed by atoms with Crippen LogP contribution in [0.3, 0.4) is 0 Å². The number of halogens is 3. The molecule has 2 N–H and O–H groups in total. The van der Waals surface area contributed by atoms with Crippen molar-refractivity contribution < 1.29 is 27.9 Å². The monoisotopic (exact) mass is 407 g/mol. The van der Waals surface area contributed by atoms with Crippen molar-refractivity contribution in [2.45, 2.75) is 25.7 Å². The summed E-state index contributed by atoms with van der Waals surface area (Å²) in [4.78, 5) is 23.2. The molecular weight excluding hydrogens is 391 g/mol. The first-order valence-electron chi connectivity index (χ1n) is 8.41. The largest absolute Gasteiger partial charge is 0.480 e. The molecule has 0 saturated heterocycles. The molecule has 1 aromatic carbocycles. The van der Waals surface area contributed by atoms with Crippen LogP contribution in [0.5, 0.6) is 0 Å². The average molecular weight is 407 g/mol. The molecule has 3 aromatic rings. The smallest absolute Gasteiger partial charge is 0.416 e. The Labute approximate surface area is 162 Å². The van der Waals surface area contributed by atoms with Crippen LogP contribution in [-0.4, -0.2) is 36.5 Å². The van der Waals surface area contributed by atoms with Crippen LogP contribution in [-0.2, 0) is 17.5 Å². The van der Waals surface area contributed by atoms with E-state index in [2.05, 4.69) is 15.5 Å². The lowest BCUT2D eigenvalue weighted by Gasteiger charge is -2.08. The van der Waals surface area contributed by atoms with Crippen molar-refractivity contribution in [2.24, 2.45) is 0 Å². The second kappa shape index (κ2) is 7.78. The highest BCUT2D eigenvalue weighted by atomic mass is 19.4. The Hall–Kier alpha value is -3.63. The molecule has 0 radical (unpaired) electrons. The highest BCUT2D eigenvalue weighted by Gasteiger charge is 2.30. The third-order valence-electron chi connectivity index (χ3n) is 4.10. The minimum Gasteiger partial charge on any atom is -0.480 e. The summed E-state index contributed by atoms with van der Waals surface area (Å²) in [5.74, 6) is -1.44. The van der Waals surface area contributed by atoms with Gasteiger partial charge in [-0.25, -0.2) is 4.79 Å². The fourth-order valence-corrected chi connectivity index (χ4v) is 2.52. The second-order valence-electron chi connectivity index (χ2n) is 6.27. The van der Waals surface area contributed by atoms with Crippen LogP contribution in [0.15, 0.2) is 48.9 Å². The van der Waals surface area contributed by atoms with Gasteiger partial charge in [-0.1, -0.05) is 12.1 Å². The summed E-state index contributed by atoms with van der Waals surface area (Å²) in [6.45, 7) is 1.51. The van der Waals surface area contributed by atoms with Gasteiger partial charge >= 0.3 is 12.1 Å². The second-order valence-corrected chi connectivity index (χ2v) is 6.27. The molecule has 29 heavy (non-hydrogen) atoms. The molecule has 8 nitrogen and oxygen atoms in total. The molecular formula is C18H16F3N5O3. The number of alkyl halides is 3. The van der Waals surface area contributed by atoms with Gasteiger partial charge in [0.2, 0.25) is 0 Å². The van der Waals surface area contributed by atoms with Crippen LogP contribution in [0, 0.1) is 0 Å². The summed E-state index contributed by atoms with van der Waals surface area (Å²) >= 11 is 0. The van der Waals surface area contributed by atoms with Gasteiger partial charge in [0.1, 0.15) is 6.04 Å². The van der Waals surface area contributed by atoms with Crippen molar-refractivity contribution in [3.05, 3.63) is 65.6 Å². The fraction of sp³-hybridized carbons (Fsp3) is 0.222. The molecule has 2 heterocycles. The Morgan fingerprint density at radius 2 is 2.03 bits per heavy atom. The predicted octanol–water partition coefficient (Wildman–Crippen LogP) is 3.04. The van der Waals surface area contributed by atoms with E-state index in [1.165, 1.54) is 42.3 Å². The van der Waals surface area contributed by atoms with E-state index >= 15 is 0 Å². The molecule has 11 heteroatoms. The Kier molecular flexibility index (Phi) is 5.39. The molecule has 3 rings (SSSR count). The summed E-state index contributed by atoms with van der Waals surface area (Å²) < 4.78 is 40.9. The third-order valence-corrected chi connectivity index (χ3v) is 4.10. The van der Waals surface area contributed by atoms with Crippen molar-refractivity contribution in [1.82, 2.24) is 19.6 Å². The highest BCUT2D eigenvalue weighted by Crippen LogP contribution is 2.29. The minimum atomic E-state index is -4.43. The van der Waals surface area contributed by atoms with Gasteiger partial charge < -0.3 is 10.4 Å². The molecule has 2 aromatic heterocycles. The van der Waals surface area contributed by atoms with Gasteiger partial charge in [-0.05, 0) is 24.6 Å². The van der Waals surface area contributed by atoms with Crippen LogP contribution in [0.1, 0.15) is 34.5 Å². The van der Waals surface area contributed by atoms with E-state index in [-0.39, 0.29) is 17.9 Å².